The van der Waals surface area contributed by atoms with Crippen molar-refractivity contribution in [3.05, 3.63) is 0 Å². The van der Waals surface area contributed by atoms with Crippen molar-refractivity contribution in [1.29, 1.82) is 0 Å². The van der Waals surface area contributed by atoms with Crippen LogP contribution in [0.2, 0.25) is 0 Å². The second-order valence-corrected chi connectivity index (χ2v) is 10.1. The largest absolute Gasteiger partial charge is 0.115 e. The molecule has 1 unspecified atom stereocenters. The van der Waals surface area contributed by atoms with Crippen molar-refractivity contribution in [2.45, 2.75) is 58.5 Å². The molecule has 0 spiro atoms. The summed E-state index contributed by atoms with van der Waals surface area (Å²) in [5.74, 6) is 1.50. The van der Waals surface area contributed by atoms with Gasteiger partial charge in [0.05, 0.1) is 0 Å². The van der Waals surface area contributed by atoms with E-state index in [1.54, 1.807) is 0 Å². The first-order chi connectivity index (χ1) is 5.45. The maximum atomic E-state index is 2.39. The molecule has 0 radical (unpaired) electrons. The lowest BCUT2D eigenvalue weighted by atomic mass is 10.5. The molecular formula is C10H24P2. The Bertz CT molecular complexity index is 100. The van der Waals surface area contributed by atoms with Gasteiger partial charge in [-0.2, -0.15) is 0 Å². The zero-order valence-corrected chi connectivity index (χ0v) is 11.3. The molecule has 0 aromatic rings. The van der Waals surface area contributed by atoms with Gasteiger partial charge in [-0.3, -0.25) is 0 Å². The maximum Gasteiger partial charge on any atom is -0.0141 e. The Hall–Kier alpha value is 0.860. The Balaban J connectivity index is 3.80. The van der Waals surface area contributed by atoms with Crippen LogP contribution in [0.1, 0.15) is 41.5 Å². The van der Waals surface area contributed by atoms with Crippen LogP contribution < -0.4 is 0 Å². The van der Waals surface area contributed by atoms with Crippen molar-refractivity contribution in [3.8, 4) is 0 Å². The third kappa shape index (κ3) is 5.50. The van der Waals surface area contributed by atoms with Gasteiger partial charge in [0.25, 0.3) is 0 Å². The lowest BCUT2D eigenvalue weighted by Gasteiger charge is -2.26. The van der Waals surface area contributed by atoms with Gasteiger partial charge in [0.15, 0.2) is 0 Å². The Labute approximate surface area is 81.4 Å². The minimum Gasteiger partial charge on any atom is -0.115 e. The molecule has 0 aliphatic heterocycles. The highest BCUT2D eigenvalue weighted by Crippen LogP contribution is 2.50. The van der Waals surface area contributed by atoms with Crippen molar-refractivity contribution < 1.29 is 0 Å². The lowest BCUT2D eigenvalue weighted by molar-refractivity contribution is 1.01. The number of hydrogen-bond donors (Lipinski definition) is 0. The van der Waals surface area contributed by atoms with Crippen molar-refractivity contribution in [1.82, 2.24) is 0 Å². The SMILES string of the molecule is CC(C)PCP(C(C)C)C(C)C. The Morgan fingerprint density at radius 1 is 0.917 bits per heavy atom. The fourth-order valence-corrected chi connectivity index (χ4v) is 7.67. The van der Waals surface area contributed by atoms with Crippen molar-refractivity contribution >= 4 is 16.5 Å². The van der Waals surface area contributed by atoms with Gasteiger partial charge in [-0.25, -0.2) is 0 Å². The summed E-state index contributed by atoms with van der Waals surface area (Å²) in [5, 5.41) is 0. The summed E-state index contributed by atoms with van der Waals surface area (Å²) >= 11 is 0. The predicted octanol–water partition coefficient (Wildman–Crippen LogP) is 4.33. The molecule has 0 aliphatic rings. The molecule has 0 fully saturated rings. The summed E-state index contributed by atoms with van der Waals surface area (Å²) < 4.78 is 0. The monoisotopic (exact) mass is 206 g/mol. The summed E-state index contributed by atoms with van der Waals surface area (Å²) in [6.07, 6.45) is 0. The molecule has 0 aliphatic carbocycles. The highest BCUT2D eigenvalue weighted by molar-refractivity contribution is 7.68. The van der Waals surface area contributed by atoms with E-state index in [0.717, 1.165) is 17.0 Å². The minimum atomic E-state index is 0.301. The average Bonchev–Trinajstić information content (AvgIpc) is 1.84. The predicted molar refractivity (Wildman–Crippen MR) is 65.5 cm³/mol. The number of rotatable bonds is 5. The topological polar surface area (TPSA) is 0 Å². The van der Waals surface area contributed by atoms with Crippen LogP contribution in [-0.2, 0) is 0 Å². The van der Waals surface area contributed by atoms with Gasteiger partial charge in [0.1, 0.15) is 0 Å². The van der Waals surface area contributed by atoms with Crippen LogP contribution in [0.5, 0.6) is 0 Å². The average molecular weight is 206 g/mol. The first-order valence-corrected chi connectivity index (χ1v) is 7.89. The molecule has 0 nitrogen and oxygen atoms in total. The van der Waals surface area contributed by atoms with Crippen LogP contribution in [0.3, 0.4) is 0 Å². The van der Waals surface area contributed by atoms with Gasteiger partial charge in [-0.1, -0.05) is 49.5 Å². The molecule has 0 saturated carbocycles. The first-order valence-electron chi connectivity index (χ1n) is 4.94. The molecule has 0 aromatic heterocycles. The molecule has 2 heteroatoms. The normalized spacial score (nSPS) is 13.5. The second kappa shape index (κ2) is 6.33. The molecule has 0 N–H and O–H groups in total. The summed E-state index contributed by atoms with van der Waals surface area (Å²) in [6.45, 7) is 14.2. The molecule has 0 rings (SSSR count). The fourth-order valence-electron chi connectivity index (χ4n) is 1.25. The summed E-state index contributed by atoms with van der Waals surface area (Å²) in [7, 11) is 1.48. The molecule has 0 aromatic carbocycles. The quantitative estimate of drug-likeness (QED) is 0.587. The van der Waals surface area contributed by atoms with Crippen molar-refractivity contribution in [2.75, 3.05) is 5.90 Å². The molecule has 12 heavy (non-hydrogen) atoms. The first kappa shape index (κ1) is 12.9. The van der Waals surface area contributed by atoms with Crippen LogP contribution in [0, 0.1) is 0 Å². The van der Waals surface area contributed by atoms with E-state index in [9.17, 15) is 0 Å². The van der Waals surface area contributed by atoms with Gasteiger partial charge in [-0.15, -0.1) is 8.58 Å². The Morgan fingerprint density at radius 2 is 1.33 bits per heavy atom. The molecular weight excluding hydrogens is 182 g/mol. The molecule has 0 bridgehead atoms. The fraction of sp³-hybridized carbons (Fsp3) is 1.00. The van der Waals surface area contributed by atoms with Gasteiger partial charge < -0.3 is 0 Å². The molecule has 0 amide bonds. The zero-order valence-electron chi connectivity index (χ0n) is 9.39. The van der Waals surface area contributed by atoms with E-state index in [1.165, 1.54) is 14.5 Å². The van der Waals surface area contributed by atoms with Crippen LogP contribution in [0.15, 0.2) is 0 Å². The van der Waals surface area contributed by atoms with E-state index in [1.807, 2.05) is 0 Å². The Morgan fingerprint density at radius 3 is 1.58 bits per heavy atom. The smallest absolute Gasteiger partial charge is 0.0141 e. The maximum absolute atomic E-state index is 2.39. The van der Waals surface area contributed by atoms with E-state index in [0.29, 0.717) is 7.92 Å². The standard InChI is InChI=1S/C10H24P2/c1-8(2)11-7-12(9(3)4)10(5)6/h8-11H,7H2,1-6H3. The summed E-state index contributed by atoms with van der Waals surface area (Å²) in [4.78, 5) is 0. The van der Waals surface area contributed by atoms with E-state index < -0.39 is 0 Å². The van der Waals surface area contributed by atoms with E-state index in [4.69, 9.17) is 0 Å². The van der Waals surface area contributed by atoms with Crippen molar-refractivity contribution in [3.63, 3.8) is 0 Å². The molecule has 0 heterocycles. The Kier molecular flexibility index (Phi) is 6.79. The van der Waals surface area contributed by atoms with Crippen LogP contribution >= 0.6 is 16.5 Å². The lowest BCUT2D eigenvalue weighted by Crippen LogP contribution is -2.05. The minimum absolute atomic E-state index is 0.301. The third-order valence-corrected chi connectivity index (χ3v) is 7.67. The number of hydrogen-bond acceptors (Lipinski definition) is 0. The zero-order chi connectivity index (χ0) is 9.72. The van der Waals surface area contributed by atoms with Gasteiger partial charge in [0.2, 0.25) is 0 Å². The van der Waals surface area contributed by atoms with Crippen LogP contribution in [-0.4, -0.2) is 22.9 Å². The summed E-state index contributed by atoms with van der Waals surface area (Å²) in [6, 6.07) is 0. The van der Waals surface area contributed by atoms with Crippen LogP contribution in [0.25, 0.3) is 0 Å². The highest BCUT2D eigenvalue weighted by Gasteiger charge is 2.16. The van der Waals surface area contributed by atoms with Gasteiger partial charge >= 0.3 is 0 Å². The van der Waals surface area contributed by atoms with E-state index in [-0.39, 0.29) is 0 Å². The molecule has 1 atom stereocenters. The van der Waals surface area contributed by atoms with Gasteiger partial charge in [-0.05, 0) is 22.9 Å². The van der Waals surface area contributed by atoms with E-state index in [2.05, 4.69) is 41.5 Å². The van der Waals surface area contributed by atoms with E-state index >= 15 is 0 Å². The molecule has 0 saturated heterocycles. The second-order valence-electron chi connectivity index (χ2n) is 4.22. The van der Waals surface area contributed by atoms with Crippen molar-refractivity contribution in [2.24, 2.45) is 0 Å². The third-order valence-electron chi connectivity index (χ3n) is 2.01. The van der Waals surface area contributed by atoms with Crippen LogP contribution in [0.4, 0.5) is 0 Å². The highest BCUT2D eigenvalue weighted by atomic mass is 31.2. The molecule has 74 valence electrons. The van der Waals surface area contributed by atoms with Gasteiger partial charge in [0, 0.05) is 0 Å². The summed E-state index contributed by atoms with van der Waals surface area (Å²) in [5.41, 5.74) is 2.75.